The maximum absolute atomic E-state index is 13.2. The average molecular weight is 520 g/mol. The first-order valence-corrected chi connectivity index (χ1v) is 12.3. The van der Waals surface area contributed by atoms with Gasteiger partial charge in [-0.05, 0) is 30.2 Å². The molecule has 0 fully saturated rings. The zero-order valence-corrected chi connectivity index (χ0v) is 21.9. The number of carbonyl (C=O) groups excluding carboxylic acids is 3. The number of aliphatic imine (C=N–C) groups is 1. The third-order valence-corrected chi connectivity index (χ3v) is 5.74. The normalized spacial score (nSPS) is 14.2. The second kappa shape index (κ2) is 15.4. The number of nitrogens with one attached hydrogen (secondary N) is 3. The van der Waals surface area contributed by atoms with Crippen molar-refractivity contribution in [3.63, 3.8) is 0 Å². The van der Waals surface area contributed by atoms with E-state index in [1.165, 1.54) is 0 Å². The average Bonchev–Trinajstić information content (AvgIpc) is 2.83. The van der Waals surface area contributed by atoms with Gasteiger partial charge in [-0.25, -0.2) is 4.79 Å². The SMILES string of the molecule is CC(C)C(N)C(=O)NC(C(=O)NC(Cc1ccccc1)C(=O)NC(CCCN=C(N)N)C(=O)O)C(C)C. The Bertz CT molecular complexity index is 933. The van der Waals surface area contributed by atoms with E-state index in [2.05, 4.69) is 20.9 Å². The van der Waals surface area contributed by atoms with Gasteiger partial charge in [0, 0.05) is 13.0 Å². The van der Waals surface area contributed by atoms with Crippen LogP contribution in [0.2, 0.25) is 0 Å². The number of amides is 3. The van der Waals surface area contributed by atoms with E-state index in [1.54, 1.807) is 52.0 Å². The van der Waals surface area contributed by atoms with Crippen molar-refractivity contribution in [1.82, 2.24) is 16.0 Å². The molecular weight excluding hydrogens is 478 g/mol. The van der Waals surface area contributed by atoms with Gasteiger partial charge in [0.25, 0.3) is 0 Å². The van der Waals surface area contributed by atoms with Crippen LogP contribution in [0.5, 0.6) is 0 Å². The lowest BCUT2D eigenvalue weighted by Crippen LogP contribution is -2.59. The van der Waals surface area contributed by atoms with E-state index in [-0.39, 0.29) is 37.2 Å². The van der Waals surface area contributed by atoms with Crippen LogP contribution in [0.15, 0.2) is 35.3 Å². The van der Waals surface area contributed by atoms with Crippen LogP contribution in [0.25, 0.3) is 0 Å². The van der Waals surface area contributed by atoms with E-state index in [0.29, 0.717) is 6.42 Å². The Kier molecular flexibility index (Phi) is 13.1. The Morgan fingerprint density at radius 1 is 0.865 bits per heavy atom. The molecule has 0 bridgehead atoms. The first kappa shape index (κ1) is 31.4. The second-order valence-electron chi connectivity index (χ2n) is 9.60. The largest absolute Gasteiger partial charge is 0.480 e. The number of nitrogens with two attached hydrogens (primary N) is 3. The minimum atomic E-state index is -1.22. The summed E-state index contributed by atoms with van der Waals surface area (Å²) in [6, 6.07) is 4.94. The lowest BCUT2D eigenvalue weighted by molar-refractivity contribution is -0.142. The van der Waals surface area contributed by atoms with Crippen LogP contribution in [0.4, 0.5) is 0 Å². The number of hydrogen-bond acceptors (Lipinski definition) is 6. The number of hydrogen-bond donors (Lipinski definition) is 7. The van der Waals surface area contributed by atoms with E-state index < -0.39 is 47.9 Å². The first-order valence-electron chi connectivity index (χ1n) is 12.3. The summed E-state index contributed by atoms with van der Waals surface area (Å²) in [6.07, 6.45) is 0.521. The fourth-order valence-electron chi connectivity index (χ4n) is 3.44. The van der Waals surface area contributed by atoms with Crippen molar-refractivity contribution in [2.45, 2.75) is 71.1 Å². The van der Waals surface area contributed by atoms with Crippen LogP contribution in [0.3, 0.4) is 0 Å². The summed E-state index contributed by atoms with van der Waals surface area (Å²) < 4.78 is 0. The van der Waals surface area contributed by atoms with E-state index in [1.807, 2.05) is 6.07 Å². The molecule has 0 aliphatic carbocycles. The molecular formula is C25H41N7O5. The molecule has 0 heterocycles. The molecule has 1 aromatic rings. The quantitative estimate of drug-likeness (QED) is 0.0905. The standard InChI is InChI=1S/C25H41N7O5/c1-14(2)19(26)22(34)32-20(15(3)4)23(35)31-18(13-16-9-6-5-7-10-16)21(33)30-17(24(36)37)11-8-12-29-25(27)28/h5-7,9-10,14-15,17-20H,8,11-13,26H2,1-4H3,(H,30,33)(H,31,35)(H,32,34)(H,36,37)(H4,27,28,29). The van der Waals surface area contributed by atoms with Crippen LogP contribution < -0.4 is 33.2 Å². The van der Waals surface area contributed by atoms with Crippen molar-refractivity contribution in [2.75, 3.05) is 6.54 Å². The van der Waals surface area contributed by atoms with Crippen LogP contribution in [-0.2, 0) is 25.6 Å². The maximum Gasteiger partial charge on any atom is 0.326 e. The maximum atomic E-state index is 13.2. The number of guanidine groups is 1. The molecule has 4 atom stereocenters. The summed E-state index contributed by atoms with van der Waals surface area (Å²) in [5, 5.41) is 17.5. The molecule has 12 heteroatoms. The number of carboxylic acids is 1. The van der Waals surface area contributed by atoms with Crippen LogP contribution >= 0.6 is 0 Å². The highest BCUT2D eigenvalue weighted by Crippen LogP contribution is 2.09. The number of carbonyl (C=O) groups is 4. The smallest absolute Gasteiger partial charge is 0.326 e. The van der Waals surface area contributed by atoms with Crippen molar-refractivity contribution in [2.24, 2.45) is 34.0 Å². The van der Waals surface area contributed by atoms with Gasteiger partial charge in [-0.2, -0.15) is 0 Å². The number of benzene rings is 1. The Hall–Kier alpha value is -3.67. The van der Waals surface area contributed by atoms with Crippen molar-refractivity contribution in [1.29, 1.82) is 0 Å². The molecule has 1 rings (SSSR count). The summed E-state index contributed by atoms with van der Waals surface area (Å²) >= 11 is 0. The van der Waals surface area contributed by atoms with Crippen molar-refractivity contribution in [3.05, 3.63) is 35.9 Å². The number of carboxylic acid groups (broad SMARTS) is 1. The van der Waals surface area contributed by atoms with Crippen LogP contribution in [0.1, 0.15) is 46.1 Å². The van der Waals surface area contributed by atoms with E-state index in [0.717, 1.165) is 5.56 Å². The molecule has 12 nitrogen and oxygen atoms in total. The number of rotatable bonds is 15. The van der Waals surface area contributed by atoms with Gasteiger partial charge in [0.05, 0.1) is 6.04 Å². The molecule has 37 heavy (non-hydrogen) atoms. The summed E-state index contributed by atoms with van der Waals surface area (Å²) in [6.45, 7) is 7.32. The van der Waals surface area contributed by atoms with E-state index in [9.17, 15) is 24.3 Å². The summed E-state index contributed by atoms with van der Waals surface area (Å²) in [4.78, 5) is 54.5. The molecule has 206 valence electrons. The van der Waals surface area contributed by atoms with Gasteiger partial charge in [-0.3, -0.25) is 19.4 Å². The minimum Gasteiger partial charge on any atom is -0.480 e. The van der Waals surface area contributed by atoms with Gasteiger partial charge in [0.1, 0.15) is 18.1 Å². The Labute approximate surface area is 217 Å². The number of nitrogens with zero attached hydrogens (tertiary/aromatic N) is 1. The lowest BCUT2D eigenvalue weighted by atomic mass is 9.99. The fourth-order valence-corrected chi connectivity index (χ4v) is 3.44. The van der Waals surface area contributed by atoms with Crippen LogP contribution in [-0.4, -0.2) is 65.5 Å². The van der Waals surface area contributed by atoms with E-state index in [4.69, 9.17) is 17.2 Å². The first-order chi connectivity index (χ1) is 17.3. The topological polar surface area (TPSA) is 215 Å². The zero-order chi connectivity index (χ0) is 28.1. The molecule has 0 aromatic heterocycles. The summed E-state index contributed by atoms with van der Waals surface area (Å²) in [5.41, 5.74) is 17.3. The minimum absolute atomic E-state index is 0.0849. The highest BCUT2D eigenvalue weighted by Gasteiger charge is 2.32. The third kappa shape index (κ3) is 11.3. The Morgan fingerprint density at radius 2 is 1.46 bits per heavy atom. The summed E-state index contributed by atoms with van der Waals surface area (Å²) in [7, 11) is 0. The van der Waals surface area contributed by atoms with Crippen molar-refractivity contribution in [3.8, 4) is 0 Å². The van der Waals surface area contributed by atoms with Gasteiger partial charge >= 0.3 is 5.97 Å². The lowest BCUT2D eigenvalue weighted by Gasteiger charge is -2.27. The molecule has 10 N–H and O–H groups in total. The van der Waals surface area contributed by atoms with Gasteiger partial charge in [0.2, 0.25) is 17.7 Å². The monoisotopic (exact) mass is 519 g/mol. The Morgan fingerprint density at radius 3 is 1.97 bits per heavy atom. The molecule has 4 unspecified atom stereocenters. The van der Waals surface area contributed by atoms with E-state index >= 15 is 0 Å². The van der Waals surface area contributed by atoms with Gasteiger partial charge in [-0.15, -0.1) is 0 Å². The number of aliphatic carboxylic acids is 1. The second-order valence-corrected chi connectivity index (χ2v) is 9.60. The molecule has 0 aliphatic heterocycles. The van der Waals surface area contributed by atoms with Gasteiger partial charge < -0.3 is 38.3 Å². The van der Waals surface area contributed by atoms with Crippen molar-refractivity contribution < 1.29 is 24.3 Å². The highest BCUT2D eigenvalue weighted by atomic mass is 16.4. The van der Waals surface area contributed by atoms with Crippen molar-refractivity contribution >= 4 is 29.7 Å². The molecule has 0 radical (unpaired) electrons. The van der Waals surface area contributed by atoms with Crippen LogP contribution in [0, 0.1) is 11.8 Å². The molecule has 1 aromatic carbocycles. The molecule has 0 saturated heterocycles. The third-order valence-electron chi connectivity index (χ3n) is 5.74. The predicted octanol–water partition coefficient (Wildman–Crippen LogP) is -0.539. The molecule has 3 amide bonds. The van der Waals surface area contributed by atoms with Gasteiger partial charge in [-0.1, -0.05) is 58.0 Å². The predicted molar refractivity (Wildman–Crippen MR) is 141 cm³/mol. The molecule has 0 saturated carbocycles. The molecule has 0 aliphatic rings. The fraction of sp³-hybridized carbons (Fsp3) is 0.560. The molecule has 0 spiro atoms. The highest BCUT2D eigenvalue weighted by molar-refractivity contribution is 5.94. The van der Waals surface area contributed by atoms with Gasteiger partial charge in [0.15, 0.2) is 5.96 Å². The summed E-state index contributed by atoms with van der Waals surface area (Å²) in [5.74, 6) is -3.48. The Balaban J connectivity index is 3.07. The zero-order valence-electron chi connectivity index (χ0n) is 21.9.